The molecule has 7 heteroatoms. The minimum Gasteiger partial charge on any atom is -0.380 e. The van der Waals surface area contributed by atoms with Gasteiger partial charge in [0, 0.05) is 20.1 Å². The van der Waals surface area contributed by atoms with E-state index in [2.05, 4.69) is 82.5 Å². The summed E-state index contributed by atoms with van der Waals surface area (Å²) >= 11 is 0. The summed E-state index contributed by atoms with van der Waals surface area (Å²) in [5, 5.41) is 16.5. The predicted octanol–water partition coefficient (Wildman–Crippen LogP) is 3.88. The summed E-state index contributed by atoms with van der Waals surface area (Å²) in [5.41, 5.74) is 2.82. The Morgan fingerprint density at radius 1 is 1.16 bits per heavy atom. The van der Waals surface area contributed by atoms with Gasteiger partial charge in [0.2, 0.25) is 0 Å². The van der Waals surface area contributed by atoms with Gasteiger partial charge in [-0.15, -0.1) is 0 Å². The lowest BCUT2D eigenvalue weighted by molar-refractivity contribution is 0.490. The summed E-state index contributed by atoms with van der Waals surface area (Å²) in [7, 11) is 1.77. The zero-order valence-corrected chi connectivity index (χ0v) is 20.2. The van der Waals surface area contributed by atoms with Gasteiger partial charge >= 0.3 is 0 Å². The summed E-state index contributed by atoms with van der Waals surface area (Å²) < 4.78 is 0. The second-order valence-electron chi connectivity index (χ2n) is 8.26. The number of amidine groups is 1. The first-order chi connectivity index (χ1) is 14.9. The minimum atomic E-state index is -0.642. The molecule has 1 unspecified atom stereocenters. The van der Waals surface area contributed by atoms with E-state index in [0.717, 1.165) is 44.1 Å². The molecule has 0 saturated carbocycles. The van der Waals surface area contributed by atoms with Gasteiger partial charge in [0.1, 0.15) is 11.4 Å². The quantitative estimate of drug-likeness (QED) is 0.316. The van der Waals surface area contributed by atoms with E-state index in [9.17, 15) is 4.91 Å². The highest BCUT2D eigenvalue weighted by atomic mass is 16.3. The van der Waals surface area contributed by atoms with Crippen LogP contribution in [0.15, 0.2) is 46.2 Å². The van der Waals surface area contributed by atoms with Gasteiger partial charge in [-0.25, -0.2) is 0 Å². The summed E-state index contributed by atoms with van der Waals surface area (Å²) in [6.45, 7) is 14.6. The molecule has 1 aromatic carbocycles. The Hall–Kier alpha value is -2.25. The van der Waals surface area contributed by atoms with Crippen LogP contribution in [0, 0.1) is 4.91 Å². The average Bonchev–Trinajstić information content (AvgIpc) is 2.80. The Morgan fingerprint density at radius 3 is 2.48 bits per heavy atom. The molecule has 31 heavy (non-hydrogen) atoms. The third-order valence-electron chi connectivity index (χ3n) is 4.92. The number of rotatable bonds is 11. The second-order valence-corrected chi connectivity index (χ2v) is 8.26. The Labute approximate surface area is 188 Å². The van der Waals surface area contributed by atoms with Crippen molar-refractivity contribution in [2.45, 2.75) is 65.6 Å². The highest BCUT2D eigenvalue weighted by Gasteiger charge is 2.23. The first kappa shape index (κ1) is 26.8. The molecule has 7 nitrogen and oxygen atoms in total. The highest BCUT2D eigenvalue weighted by Crippen LogP contribution is 2.23. The van der Waals surface area contributed by atoms with Crippen molar-refractivity contribution >= 4 is 5.84 Å². The summed E-state index contributed by atoms with van der Waals surface area (Å²) in [5.74, 6) is 0.815. The number of benzene rings is 1. The maximum Gasteiger partial charge on any atom is 0.144 e. The van der Waals surface area contributed by atoms with Gasteiger partial charge < -0.3 is 21.3 Å². The Bertz CT molecular complexity index is 710. The molecule has 174 valence electrons. The van der Waals surface area contributed by atoms with E-state index in [-0.39, 0.29) is 6.04 Å². The van der Waals surface area contributed by atoms with Crippen LogP contribution in [0.5, 0.6) is 0 Å². The van der Waals surface area contributed by atoms with Gasteiger partial charge in [0.15, 0.2) is 0 Å². The van der Waals surface area contributed by atoms with Gasteiger partial charge in [-0.3, -0.25) is 4.99 Å². The smallest absolute Gasteiger partial charge is 0.144 e. The molecular weight excluding hydrogens is 388 g/mol. The van der Waals surface area contributed by atoms with E-state index in [1.165, 1.54) is 17.5 Å². The molecule has 0 amide bonds. The van der Waals surface area contributed by atoms with Crippen LogP contribution in [0.3, 0.4) is 0 Å². The standard InChI is InChI=1S/C19H29N5O.C5H13N/c1-5-21-12-14-7-6-8-15(11-14)16-9-10-17(18(20-4)23-16)22-13-19(2,3)24-25;1-3-5-6-4-2/h6-8,10-11,16,21-22H,5,9,12-13H2,1-4H3,(H,20,23);6H,3-5H2,1-2H3. The third-order valence-corrected chi connectivity index (χ3v) is 4.92. The van der Waals surface area contributed by atoms with Crippen LogP contribution in [0.1, 0.15) is 64.6 Å². The SMILES string of the molecule is CCCNCC.CCNCc1cccc(C2CC=C(NCC(C)(C)N=O)C(=NC)N2)c1. The van der Waals surface area contributed by atoms with E-state index in [4.69, 9.17) is 0 Å². The average molecular weight is 431 g/mol. The summed E-state index contributed by atoms with van der Waals surface area (Å²) in [6, 6.07) is 8.82. The second kappa shape index (κ2) is 14.7. The third kappa shape index (κ3) is 10.1. The highest BCUT2D eigenvalue weighted by molar-refractivity contribution is 5.98. The molecule has 0 radical (unpaired) electrons. The van der Waals surface area contributed by atoms with Gasteiger partial charge in [-0.05, 0) is 57.5 Å². The lowest BCUT2D eigenvalue weighted by Gasteiger charge is -2.28. The molecule has 4 N–H and O–H groups in total. The number of nitrogens with zero attached hydrogens (tertiary/aromatic N) is 2. The van der Waals surface area contributed by atoms with Crippen molar-refractivity contribution in [3.8, 4) is 0 Å². The van der Waals surface area contributed by atoms with Gasteiger partial charge in [0.25, 0.3) is 0 Å². The zero-order chi connectivity index (χ0) is 23.1. The first-order valence-electron chi connectivity index (χ1n) is 11.4. The molecule has 0 aromatic heterocycles. The topological polar surface area (TPSA) is 89.9 Å². The lowest BCUT2D eigenvalue weighted by atomic mass is 9.97. The molecule has 2 rings (SSSR count). The molecule has 1 atom stereocenters. The minimum absolute atomic E-state index is 0.197. The van der Waals surface area contributed by atoms with E-state index < -0.39 is 5.54 Å². The van der Waals surface area contributed by atoms with Crippen molar-refractivity contribution < 1.29 is 0 Å². The largest absolute Gasteiger partial charge is 0.380 e. The molecule has 1 aliphatic rings. The fraction of sp³-hybridized carbons (Fsp3) is 0.625. The molecule has 1 aliphatic heterocycles. The maximum absolute atomic E-state index is 10.8. The Balaban J connectivity index is 0.000000703. The van der Waals surface area contributed by atoms with Crippen LogP contribution in [0.2, 0.25) is 0 Å². The van der Waals surface area contributed by atoms with Gasteiger partial charge in [0.05, 0.1) is 11.7 Å². The number of hydrogen-bond acceptors (Lipinski definition) is 6. The molecule has 1 heterocycles. The molecule has 0 fully saturated rings. The normalized spacial score (nSPS) is 17.3. The van der Waals surface area contributed by atoms with Crippen molar-refractivity contribution in [3.05, 3.63) is 52.1 Å². The van der Waals surface area contributed by atoms with E-state index in [0.29, 0.717) is 6.54 Å². The summed E-state index contributed by atoms with van der Waals surface area (Å²) in [6.07, 6.45) is 4.25. The number of aliphatic imine (C=N–C) groups is 1. The van der Waals surface area contributed by atoms with Crippen LogP contribution in [0.25, 0.3) is 0 Å². The van der Waals surface area contributed by atoms with Crippen molar-refractivity contribution in [2.24, 2.45) is 10.2 Å². The predicted molar refractivity (Wildman–Crippen MR) is 132 cm³/mol. The summed E-state index contributed by atoms with van der Waals surface area (Å²) in [4.78, 5) is 15.2. The van der Waals surface area contributed by atoms with Crippen LogP contribution in [0.4, 0.5) is 0 Å². The molecule has 0 saturated heterocycles. The number of hydrogen-bond donors (Lipinski definition) is 4. The van der Waals surface area contributed by atoms with Crippen LogP contribution in [-0.4, -0.2) is 44.6 Å². The van der Waals surface area contributed by atoms with Gasteiger partial charge in [-0.1, -0.05) is 56.3 Å². The molecule has 0 bridgehead atoms. The molecule has 0 aliphatic carbocycles. The zero-order valence-electron chi connectivity index (χ0n) is 20.2. The van der Waals surface area contributed by atoms with E-state index in [1.807, 2.05) is 13.8 Å². The molecule has 1 aromatic rings. The Kier molecular flexibility index (Phi) is 12.7. The number of nitroso groups, excluding NO2 is 1. The molecule has 0 spiro atoms. The van der Waals surface area contributed by atoms with Crippen molar-refractivity contribution in [1.29, 1.82) is 0 Å². The van der Waals surface area contributed by atoms with Crippen LogP contribution >= 0.6 is 0 Å². The monoisotopic (exact) mass is 430 g/mol. The Morgan fingerprint density at radius 2 is 1.90 bits per heavy atom. The van der Waals surface area contributed by atoms with Crippen molar-refractivity contribution in [2.75, 3.05) is 33.2 Å². The van der Waals surface area contributed by atoms with Crippen molar-refractivity contribution in [1.82, 2.24) is 21.3 Å². The first-order valence-corrected chi connectivity index (χ1v) is 11.4. The van der Waals surface area contributed by atoms with Crippen molar-refractivity contribution in [3.63, 3.8) is 0 Å². The molecular formula is C24H42N6O. The maximum atomic E-state index is 10.8. The fourth-order valence-corrected chi connectivity index (χ4v) is 3.08. The lowest BCUT2D eigenvalue weighted by Crippen LogP contribution is -2.41. The number of nitrogens with one attached hydrogen (secondary N) is 4. The van der Waals surface area contributed by atoms with E-state index in [1.54, 1.807) is 7.05 Å². The fourth-order valence-electron chi connectivity index (χ4n) is 3.08. The van der Waals surface area contributed by atoms with Crippen LogP contribution in [-0.2, 0) is 6.54 Å². The van der Waals surface area contributed by atoms with Gasteiger partial charge in [-0.2, -0.15) is 4.91 Å². The van der Waals surface area contributed by atoms with Crippen LogP contribution < -0.4 is 21.3 Å². The van der Waals surface area contributed by atoms with E-state index >= 15 is 0 Å².